The van der Waals surface area contributed by atoms with E-state index in [4.69, 9.17) is 4.98 Å². The lowest BCUT2D eigenvalue weighted by molar-refractivity contribution is -0.127. The Labute approximate surface area is 145 Å². The molecule has 2 atom stereocenters. The summed E-state index contributed by atoms with van der Waals surface area (Å²) in [5.74, 6) is 1.20. The minimum absolute atomic E-state index is 0.108. The van der Waals surface area contributed by atoms with Crippen molar-refractivity contribution in [1.29, 1.82) is 0 Å². The number of hydrogen-bond acceptors (Lipinski definition) is 5. The molecule has 1 saturated heterocycles. The second kappa shape index (κ2) is 6.29. The Morgan fingerprint density at radius 2 is 2.21 bits per heavy atom. The van der Waals surface area contributed by atoms with Gasteiger partial charge >= 0.3 is 0 Å². The van der Waals surface area contributed by atoms with Crippen molar-refractivity contribution in [1.82, 2.24) is 25.0 Å². The van der Waals surface area contributed by atoms with Crippen molar-refractivity contribution in [2.24, 2.45) is 13.0 Å². The Morgan fingerprint density at radius 1 is 1.38 bits per heavy atom. The SMILES string of the molecule is CN1C(=O)C[C@@H](CNCc2csc(C3CC3)n2)[C@@H]1c1cnn(C)c1. The first-order valence-electron chi connectivity index (χ1n) is 8.51. The molecule has 1 amide bonds. The second-order valence-electron chi connectivity index (χ2n) is 6.94. The van der Waals surface area contributed by atoms with Crippen LogP contribution in [0.1, 0.15) is 47.5 Å². The lowest BCUT2D eigenvalue weighted by Gasteiger charge is -2.24. The Bertz CT molecular complexity index is 735. The number of rotatable bonds is 6. The molecule has 2 fully saturated rings. The van der Waals surface area contributed by atoms with Crippen molar-refractivity contribution >= 4 is 17.2 Å². The van der Waals surface area contributed by atoms with Crippen LogP contribution >= 0.6 is 11.3 Å². The van der Waals surface area contributed by atoms with Gasteiger partial charge in [0.1, 0.15) is 0 Å². The summed E-state index contributed by atoms with van der Waals surface area (Å²) in [6.45, 7) is 1.59. The van der Waals surface area contributed by atoms with E-state index in [1.165, 1.54) is 17.8 Å². The van der Waals surface area contributed by atoms with Crippen LogP contribution < -0.4 is 5.32 Å². The number of aromatic nitrogens is 3. The summed E-state index contributed by atoms with van der Waals surface area (Å²) in [5, 5.41) is 11.2. The number of aryl methyl sites for hydroxylation is 1. The summed E-state index contributed by atoms with van der Waals surface area (Å²) in [4.78, 5) is 18.7. The third-order valence-electron chi connectivity index (χ3n) is 4.97. The fraction of sp³-hybridized carbons (Fsp3) is 0.588. The first kappa shape index (κ1) is 15.8. The molecule has 1 aliphatic carbocycles. The van der Waals surface area contributed by atoms with E-state index in [0.29, 0.717) is 6.42 Å². The fourth-order valence-electron chi connectivity index (χ4n) is 3.53. The summed E-state index contributed by atoms with van der Waals surface area (Å²) in [5.41, 5.74) is 2.24. The lowest BCUT2D eigenvalue weighted by Crippen LogP contribution is -2.29. The van der Waals surface area contributed by atoms with Gasteiger partial charge in [-0.15, -0.1) is 11.3 Å². The molecule has 7 heteroatoms. The van der Waals surface area contributed by atoms with Gasteiger partial charge in [-0.2, -0.15) is 5.10 Å². The maximum atomic E-state index is 12.2. The van der Waals surface area contributed by atoms with Gasteiger partial charge in [0.25, 0.3) is 0 Å². The molecule has 1 aliphatic heterocycles. The molecule has 24 heavy (non-hydrogen) atoms. The van der Waals surface area contributed by atoms with Crippen molar-refractivity contribution < 1.29 is 4.79 Å². The van der Waals surface area contributed by atoms with Gasteiger partial charge in [-0.3, -0.25) is 9.48 Å². The number of amides is 1. The van der Waals surface area contributed by atoms with Crippen LogP contribution in [0.5, 0.6) is 0 Å². The number of nitrogens with zero attached hydrogens (tertiary/aromatic N) is 4. The molecule has 0 aromatic carbocycles. The Balaban J connectivity index is 1.37. The predicted molar refractivity (Wildman–Crippen MR) is 92.6 cm³/mol. The highest BCUT2D eigenvalue weighted by atomic mass is 32.1. The molecule has 0 unspecified atom stereocenters. The number of likely N-dealkylation sites (tertiary alicyclic amines) is 1. The molecule has 128 valence electrons. The minimum atomic E-state index is 0.108. The van der Waals surface area contributed by atoms with Crippen molar-refractivity contribution in [3.63, 3.8) is 0 Å². The van der Waals surface area contributed by atoms with Gasteiger partial charge in [0, 0.05) is 62.6 Å². The molecular weight excluding hydrogens is 322 g/mol. The topological polar surface area (TPSA) is 63.1 Å². The predicted octanol–water partition coefficient (Wildman–Crippen LogP) is 2.06. The molecule has 1 saturated carbocycles. The molecule has 1 N–H and O–H groups in total. The van der Waals surface area contributed by atoms with Crippen LogP contribution in [0.4, 0.5) is 0 Å². The van der Waals surface area contributed by atoms with Crippen molar-refractivity contribution in [3.8, 4) is 0 Å². The highest BCUT2D eigenvalue weighted by Gasteiger charge is 2.38. The molecule has 0 spiro atoms. The first-order valence-corrected chi connectivity index (χ1v) is 9.39. The lowest BCUT2D eigenvalue weighted by atomic mass is 9.96. The van der Waals surface area contributed by atoms with Crippen LogP contribution in [0.15, 0.2) is 17.8 Å². The van der Waals surface area contributed by atoms with E-state index in [9.17, 15) is 4.79 Å². The number of carbonyl (C=O) groups is 1. The van der Waals surface area contributed by atoms with Crippen LogP contribution in [-0.4, -0.2) is 39.2 Å². The van der Waals surface area contributed by atoms with E-state index in [-0.39, 0.29) is 17.9 Å². The van der Waals surface area contributed by atoms with Gasteiger partial charge < -0.3 is 10.2 Å². The molecule has 6 nitrogen and oxygen atoms in total. The summed E-state index contributed by atoms with van der Waals surface area (Å²) in [6, 6.07) is 0.108. The molecule has 2 aromatic heterocycles. The molecule has 0 radical (unpaired) electrons. The summed E-state index contributed by atoms with van der Waals surface area (Å²) >= 11 is 1.78. The maximum absolute atomic E-state index is 12.2. The average Bonchev–Trinajstić information content (AvgIpc) is 3.04. The van der Waals surface area contributed by atoms with Gasteiger partial charge in [0.2, 0.25) is 5.91 Å². The van der Waals surface area contributed by atoms with Gasteiger partial charge in [0.15, 0.2) is 0 Å². The van der Waals surface area contributed by atoms with Crippen LogP contribution in [0.2, 0.25) is 0 Å². The van der Waals surface area contributed by atoms with E-state index in [2.05, 4.69) is 15.8 Å². The minimum Gasteiger partial charge on any atom is -0.338 e. The van der Waals surface area contributed by atoms with E-state index < -0.39 is 0 Å². The first-order chi connectivity index (χ1) is 11.6. The van der Waals surface area contributed by atoms with Crippen molar-refractivity contribution in [2.45, 2.75) is 37.8 Å². The zero-order valence-electron chi connectivity index (χ0n) is 14.1. The van der Waals surface area contributed by atoms with Crippen LogP contribution in [0.3, 0.4) is 0 Å². The largest absolute Gasteiger partial charge is 0.338 e. The van der Waals surface area contributed by atoms with Gasteiger partial charge in [-0.25, -0.2) is 4.98 Å². The second-order valence-corrected chi connectivity index (χ2v) is 7.83. The fourth-order valence-corrected chi connectivity index (χ4v) is 4.52. The van der Waals surface area contributed by atoms with Crippen molar-refractivity contribution in [3.05, 3.63) is 34.0 Å². The normalized spacial score (nSPS) is 24.1. The monoisotopic (exact) mass is 345 g/mol. The van der Waals surface area contributed by atoms with Crippen LogP contribution in [-0.2, 0) is 18.4 Å². The maximum Gasteiger partial charge on any atom is 0.223 e. The molecule has 3 heterocycles. The number of thiazole rings is 1. The van der Waals surface area contributed by atoms with E-state index in [1.54, 1.807) is 16.0 Å². The quantitative estimate of drug-likeness (QED) is 0.870. The van der Waals surface area contributed by atoms with Gasteiger partial charge in [-0.1, -0.05) is 0 Å². The molecule has 2 aliphatic rings. The Morgan fingerprint density at radius 3 is 2.92 bits per heavy atom. The molecule has 0 bridgehead atoms. The molecular formula is C17H23N5OS. The van der Waals surface area contributed by atoms with E-state index >= 15 is 0 Å². The highest BCUT2D eigenvalue weighted by Crippen LogP contribution is 2.41. The van der Waals surface area contributed by atoms with Crippen LogP contribution in [0, 0.1) is 5.92 Å². The summed E-state index contributed by atoms with van der Waals surface area (Å²) in [7, 11) is 3.80. The summed E-state index contributed by atoms with van der Waals surface area (Å²) < 4.78 is 1.80. The van der Waals surface area contributed by atoms with Gasteiger partial charge in [0.05, 0.1) is 22.9 Å². The van der Waals surface area contributed by atoms with Gasteiger partial charge in [-0.05, 0) is 12.8 Å². The van der Waals surface area contributed by atoms with Crippen LogP contribution in [0.25, 0.3) is 0 Å². The Kier molecular flexibility index (Phi) is 4.14. The highest BCUT2D eigenvalue weighted by molar-refractivity contribution is 7.09. The average molecular weight is 345 g/mol. The number of nitrogens with one attached hydrogen (secondary N) is 1. The van der Waals surface area contributed by atoms with E-state index in [0.717, 1.165) is 30.3 Å². The zero-order valence-corrected chi connectivity index (χ0v) is 14.9. The molecule has 2 aromatic rings. The number of carbonyl (C=O) groups excluding carboxylic acids is 1. The molecule has 4 rings (SSSR count). The third-order valence-corrected chi connectivity index (χ3v) is 6.03. The zero-order chi connectivity index (χ0) is 16.7. The summed E-state index contributed by atoms with van der Waals surface area (Å²) in [6.07, 6.45) is 7.06. The van der Waals surface area contributed by atoms with E-state index in [1.807, 2.05) is 31.4 Å². The van der Waals surface area contributed by atoms with Crippen molar-refractivity contribution in [2.75, 3.05) is 13.6 Å². The third kappa shape index (κ3) is 3.10. The smallest absolute Gasteiger partial charge is 0.223 e. The standard InChI is InChI=1S/C17H23N5OS/c1-21-9-13(7-19-21)16-12(5-15(23)22(16)2)6-18-8-14-10-24-17(20-14)11-3-4-11/h7,9-12,16,18H,3-6,8H2,1-2H3/t12-,16+/m0/s1. The number of hydrogen-bond donors (Lipinski definition) is 1. The Hall–Kier alpha value is -1.73.